The smallest absolute Gasteiger partial charge is 0.157 e. The van der Waals surface area contributed by atoms with Gasteiger partial charge < -0.3 is 10.2 Å². The van der Waals surface area contributed by atoms with Gasteiger partial charge in [-0.05, 0) is 38.8 Å². The van der Waals surface area contributed by atoms with Crippen LogP contribution in [0, 0.1) is 5.92 Å². The summed E-state index contributed by atoms with van der Waals surface area (Å²) in [6.07, 6.45) is 3.82. The van der Waals surface area contributed by atoms with Crippen LogP contribution in [0.15, 0.2) is 4.99 Å². The van der Waals surface area contributed by atoms with E-state index in [1.54, 1.807) is 0 Å². The average molecular weight is 255 g/mol. The van der Waals surface area contributed by atoms with E-state index in [0.29, 0.717) is 12.1 Å². The van der Waals surface area contributed by atoms with E-state index in [-0.39, 0.29) is 0 Å². The number of hydrogen-bond donors (Lipinski definition) is 1. The summed E-state index contributed by atoms with van der Waals surface area (Å²) in [5, 5.41) is 4.81. The van der Waals surface area contributed by atoms with Crippen molar-refractivity contribution in [3.05, 3.63) is 0 Å². The molecule has 1 fully saturated rings. The molecule has 0 aromatic carbocycles. The Bertz CT molecular complexity index is 278. The molecule has 2 aliphatic rings. The van der Waals surface area contributed by atoms with E-state index in [1.165, 1.54) is 36.7 Å². The highest BCUT2D eigenvalue weighted by molar-refractivity contribution is 8.14. The van der Waals surface area contributed by atoms with Gasteiger partial charge in [0.15, 0.2) is 5.17 Å². The Morgan fingerprint density at radius 1 is 1.53 bits per heavy atom. The molecule has 2 heterocycles. The van der Waals surface area contributed by atoms with Crippen LogP contribution in [0.3, 0.4) is 0 Å². The number of thioether (sulfide) groups is 1. The monoisotopic (exact) mass is 255 g/mol. The summed E-state index contributed by atoms with van der Waals surface area (Å²) in [6, 6.07) is 1.15. The van der Waals surface area contributed by atoms with E-state index >= 15 is 0 Å². The zero-order chi connectivity index (χ0) is 12.3. The summed E-state index contributed by atoms with van der Waals surface area (Å²) in [7, 11) is 2.21. The third kappa shape index (κ3) is 4.18. The van der Waals surface area contributed by atoms with Crippen LogP contribution in [-0.4, -0.2) is 48.0 Å². The Hall–Kier alpha value is -0.220. The number of aliphatic imine (C=N–C) groups is 1. The fraction of sp³-hybridized carbons (Fsp3) is 0.923. The maximum Gasteiger partial charge on any atom is 0.157 e. The van der Waals surface area contributed by atoms with Gasteiger partial charge in [0, 0.05) is 18.3 Å². The predicted octanol–water partition coefficient (Wildman–Crippen LogP) is 2.19. The number of rotatable bonds is 3. The molecule has 2 unspecified atom stereocenters. The fourth-order valence-electron chi connectivity index (χ4n) is 2.62. The average Bonchev–Trinajstić information content (AvgIpc) is 2.64. The lowest BCUT2D eigenvalue weighted by Gasteiger charge is -2.30. The first-order valence-electron chi connectivity index (χ1n) is 6.79. The van der Waals surface area contributed by atoms with E-state index < -0.39 is 0 Å². The van der Waals surface area contributed by atoms with Crippen LogP contribution in [-0.2, 0) is 0 Å². The molecule has 2 atom stereocenters. The van der Waals surface area contributed by atoms with Crippen molar-refractivity contribution in [2.75, 3.05) is 25.9 Å². The van der Waals surface area contributed by atoms with Crippen LogP contribution in [0.5, 0.6) is 0 Å². The summed E-state index contributed by atoms with van der Waals surface area (Å²) in [5.41, 5.74) is 0. The molecule has 1 saturated heterocycles. The van der Waals surface area contributed by atoms with E-state index in [4.69, 9.17) is 4.99 Å². The third-order valence-corrected chi connectivity index (χ3v) is 4.46. The first-order chi connectivity index (χ1) is 8.13. The lowest BCUT2D eigenvalue weighted by molar-refractivity contribution is 0.241. The third-order valence-electron chi connectivity index (χ3n) is 3.41. The van der Waals surface area contributed by atoms with E-state index in [1.807, 2.05) is 11.8 Å². The minimum atomic E-state index is 0.545. The number of likely N-dealkylation sites (N-methyl/N-ethyl adjacent to an activating group) is 1. The zero-order valence-electron chi connectivity index (χ0n) is 11.3. The maximum absolute atomic E-state index is 4.80. The SMILES string of the molecule is CC(C)CC1CSC(NC2CCCN(C)C2)=N1. The lowest BCUT2D eigenvalue weighted by Crippen LogP contribution is -2.45. The molecule has 1 N–H and O–H groups in total. The van der Waals surface area contributed by atoms with Crippen molar-refractivity contribution < 1.29 is 0 Å². The molecule has 0 aromatic heterocycles. The van der Waals surface area contributed by atoms with E-state index in [2.05, 4.69) is 31.1 Å². The van der Waals surface area contributed by atoms with Gasteiger partial charge in [0.1, 0.15) is 0 Å². The molecule has 0 aromatic rings. The summed E-state index contributed by atoms with van der Waals surface area (Å²) in [6.45, 7) is 6.96. The van der Waals surface area contributed by atoms with Gasteiger partial charge in [-0.2, -0.15) is 0 Å². The van der Waals surface area contributed by atoms with Gasteiger partial charge in [0.2, 0.25) is 0 Å². The van der Waals surface area contributed by atoms with Crippen LogP contribution < -0.4 is 5.32 Å². The summed E-state index contributed by atoms with van der Waals surface area (Å²) >= 11 is 1.91. The fourth-order valence-corrected chi connectivity index (χ4v) is 3.65. The predicted molar refractivity (Wildman–Crippen MR) is 76.8 cm³/mol. The van der Waals surface area contributed by atoms with Crippen LogP contribution >= 0.6 is 11.8 Å². The van der Waals surface area contributed by atoms with Gasteiger partial charge >= 0.3 is 0 Å². The molecular formula is C13H25N3S. The minimum absolute atomic E-state index is 0.545. The second-order valence-electron chi connectivity index (χ2n) is 5.77. The Morgan fingerprint density at radius 2 is 2.35 bits per heavy atom. The molecule has 2 aliphatic heterocycles. The Morgan fingerprint density at radius 3 is 3.06 bits per heavy atom. The number of hydrogen-bond acceptors (Lipinski definition) is 4. The molecule has 4 heteroatoms. The minimum Gasteiger partial charge on any atom is -0.361 e. The summed E-state index contributed by atoms with van der Waals surface area (Å²) in [4.78, 5) is 7.21. The molecule has 0 spiro atoms. The molecule has 0 aliphatic carbocycles. The topological polar surface area (TPSA) is 27.6 Å². The molecule has 2 rings (SSSR count). The standard InChI is InChI=1S/C13H25N3S/c1-10(2)7-12-9-17-13(15-12)14-11-5-4-6-16(3)8-11/h10-12H,4-9H2,1-3H3,(H,14,15). The van der Waals surface area contributed by atoms with Gasteiger partial charge in [0.05, 0.1) is 6.04 Å². The Kier molecular flexibility index (Phi) is 4.74. The maximum atomic E-state index is 4.80. The van der Waals surface area contributed by atoms with Gasteiger partial charge in [0.25, 0.3) is 0 Å². The van der Waals surface area contributed by atoms with Crippen molar-refractivity contribution in [2.45, 2.75) is 45.2 Å². The molecule has 0 bridgehead atoms. The number of nitrogens with zero attached hydrogens (tertiary/aromatic N) is 2. The van der Waals surface area contributed by atoms with Crippen molar-refractivity contribution in [1.29, 1.82) is 0 Å². The molecule has 98 valence electrons. The first kappa shape index (κ1) is 13.2. The normalized spacial score (nSPS) is 30.7. The lowest BCUT2D eigenvalue weighted by atomic mass is 10.1. The molecule has 3 nitrogen and oxygen atoms in total. The Balaban J connectivity index is 1.79. The first-order valence-corrected chi connectivity index (χ1v) is 7.77. The van der Waals surface area contributed by atoms with Gasteiger partial charge in [-0.15, -0.1) is 0 Å². The molecular weight excluding hydrogens is 230 g/mol. The molecule has 0 radical (unpaired) electrons. The van der Waals surface area contributed by atoms with Crippen LogP contribution in [0.2, 0.25) is 0 Å². The van der Waals surface area contributed by atoms with Crippen LogP contribution in [0.1, 0.15) is 33.1 Å². The Labute approximate surface area is 109 Å². The van der Waals surface area contributed by atoms with Gasteiger partial charge in [-0.1, -0.05) is 25.6 Å². The van der Waals surface area contributed by atoms with Crippen molar-refractivity contribution in [3.8, 4) is 0 Å². The number of likely N-dealkylation sites (tertiary alicyclic amines) is 1. The quantitative estimate of drug-likeness (QED) is 0.838. The summed E-state index contributed by atoms with van der Waals surface area (Å²) < 4.78 is 0. The second kappa shape index (κ2) is 6.10. The van der Waals surface area contributed by atoms with Crippen molar-refractivity contribution in [2.24, 2.45) is 10.9 Å². The largest absolute Gasteiger partial charge is 0.361 e. The molecule has 0 saturated carbocycles. The van der Waals surface area contributed by atoms with Crippen molar-refractivity contribution in [1.82, 2.24) is 10.2 Å². The van der Waals surface area contributed by atoms with Crippen LogP contribution in [0.4, 0.5) is 0 Å². The van der Waals surface area contributed by atoms with Gasteiger partial charge in [-0.3, -0.25) is 4.99 Å². The van der Waals surface area contributed by atoms with Crippen molar-refractivity contribution >= 4 is 16.9 Å². The van der Waals surface area contributed by atoms with Crippen molar-refractivity contribution in [3.63, 3.8) is 0 Å². The molecule has 0 amide bonds. The van der Waals surface area contributed by atoms with E-state index in [9.17, 15) is 0 Å². The van der Waals surface area contributed by atoms with E-state index in [0.717, 1.165) is 12.5 Å². The number of piperidine rings is 1. The number of amidine groups is 1. The molecule has 17 heavy (non-hydrogen) atoms. The second-order valence-corrected chi connectivity index (χ2v) is 6.78. The van der Waals surface area contributed by atoms with Crippen LogP contribution in [0.25, 0.3) is 0 Å². The highest BCUT2D eigenvalue weighted by Gasteiger charge is 2.23. The number of nitrogens with one attached hydrogen (secondary N) is 1. The van der Waals surface area contributed by atoms with Gasteiger partial charge in [-0.25, -0.2) is 0 Å². The highest BCUT2D eigenvalue weighted by atomic mass is 32.2. The zero-order valence-corrected chi connectivity index (χ0v) is 12.1. The summed E-state index contributed by atoms with van der Waals surface area (Å²) in [5.74, 6) is 1.92. The highest BCUT2D eigenvalue weighted by Crippen LogP contribution is 2.22.